The number of hydrogen-bond acceptors (Lipinski definition) is 3. The van der Waals surface area contributed by atoms with E-state index in [0.717, 1.165) is 12.2 Å². The topological polar surface area (TPSA) is 46.9 Å². The Labute approximate surface area is 111 Å². The van der Waals surface area contributed by atoms with Crippen LogP contribution in [0.5, 0.6) is 0 Å². The molecule has 0 radical (unpaired) electrons. The van der Waals surface area contributed by atoms with E-state index in [1.54, 1.807) is 10.9 Å². The van der Waals surface area contributed by atoms with Gasteiger partial charge in [0, 0.05) is 12.6 Å². The Morgan fingerprint density at radius 2 is 2.12 bits per heavy atom. The first-order chi connectivity index (χ1) is 7.91. The Morgan fingerprint density at radius 3 is 2.71 bits per heavy atom. The Bertz CT molecular complexity index is 428. The average Bonchev–Trinajstić information content (AvgIpc) is 2.27. The smallest absolute Gasteiger partial charge is 0.267 e. The van der Waals surface area contributed by atoms with Crippen molar-refractivity contribution in [1.82, 2.24) is 14.9 Å². The molecule has 1 aromatic rings. The van der Waals surface area contributed by atoms with E-state index in [1.807, 2.05) is 6.92 Å². The fraction of sp³-hybridized carbons (Fsp3) is 0.667. The third-order valence-corrected chi connectivity index (χ3v) is 3.45. The van der Waals surface area contributed by atoms with Gasteiger partial charge in [0.05, 0.1) is 12.0 Å². The second-order valence-corrected chi connectivity index (χ2v) is 5.56. The van der Waals surface area contributed by atoms with Crippen LogP contribution in [0.1, 0.15) is 26.5 Å². The molecular formula is C12H20BrN3O. The standard InChI is InChI=1S/C12H20BrN3O/c1-8(2)14-5-9(3)6-16-7-15-10(4)11(13)12(16)17/h7-9,14H,5-6H2,1-4H3. The predicted molar refractivity (Wildman–Crippen MR) is 73.2 cm³/mol. The molecule has 0 aliphatic rings. The van der Waals surface area contributed by atoms with Crippen molar-refractivity contribution in [2.45, 2.75) is 40.3 Å². The molecule has 0 saturated carbocycles. The van der Waals surface area contributed by atoms with E-state index in [9.17, 15) is 4.79 Å². The first-order valence-electron chi connectivity index (χ1n) is 5.86. The van der Waals surface area contributed by atoms with Gasteiger partial charge in [-0.1, -0.05) is 20.8 Å². The highest BCUT2D eigenvalue weighted by molar-refractivity contribution is 9.10. The second kappa shape index (κ2) is 6.31. The number of aryl methyl sites for hydroxylation is 1. The van der Waals surface area contributed by atoms with E-state index in [4.69, 9.17) is 0 Å². The Kier molecular flexibility index (Phi) is 5.33. The maximum atomic E-state index is 11.9. The lowest BCUT2D eigenvalue weighted by atomic mass is 10.1. The summed E-state index contributed by atoms with van der Waals surface area (Å²) in [6, 6.07) is 0.469. The summed E-state index contributed by atoms with van der Waals surface area (Å²) in [5.41, 5.74) is 0.730. The van der Waals surface area contributed by atoms with Crippen molar-refractivity contribution >= 4 is 15.9 Å². The van der Waals surface area contributed by atoms with Gasteiger partial charge in [-0.05, 0) is 35.3 Å². The van der Waals surface area contributed by atoms with E-state index in [2.05, 4.69) is 47.0 Å². The number of aromatic nitrogens is 2. The van der Waals surface area contributed by atoms with Gasteiger partial charge in [0.15, 0.2) is 0 Å². The molecule has 0 aliphatic heterocycles. The molecule has 0 bridgehead atoms. The van der Waals surface area contributed by atoms with Crippen molar-refractivity contribution in [3.05, 3.63) is 26.8 Å². The zero-order valence-corrected chi connectivity index (χ0v) is 12.4. The van der Waals surface area contributed by atoms with E-state index in [-0.39, 0.29) is 5.56 Å². The highest BCUT2D eigenvalue weighted by Gasteiger charge is 2.09. The van der Waals surface area contributed by atoms with Gasteiger partial charge < -0.3 is 5.32 Å². The summed E-state index contributed by atoms with van der Waals surface area (Å²) in [5.74, 6) is 0.395. The summed E-state index contributed by atoms with van der Waals surface area (Å²) in [6.45, 7) is 9.75. The molecule has 1 heterocycles. The van der Waals surface area contributed by atoms with Crippen molar-refractivity contribution in [2.24, 2.45) is 5.92 Å². The fourth-order valence-electron chi connectivity index (χ4n) is 1.51. The second-order valence-electron chi connectivity index (χ2n) is 4.77. The van der Waals surface area contributed by atoms with Gasteiger partial charge in [0.2, 0.25) is 0 Å². The van der Waals surface area contributed by atoms with Gasteiger partial charge >= 0.3 is 0 Å². The molecule has 0 spiro atoms. The lowest BCUT2D eigenvalue weighted by Crippen LogP contribution is -2.32. The number of hydrogen-bond donors (Lipinski definition) is 1. The van der Waals surface area contributed by atoms with Crippen molar-refractivity contribution in [3.63, 3.8) is 0 Å². The molecule has 0 fully saturated rings. The van der Waals surface area contributed by atoms with Crippen LogP contribution in [-0.4, -0.2) is 22.1 Å². The van der Waals surface area contributed by atoms with Crippen LogP contribution in [0.4, 0.5) is 0 Å². The van der Waals surface area contributed by atoms with Crippen LogP contribution in [0.25, 0.3) is 0 Å². The molecule has 1 N–H and O–H groups in total. The summed E-state index contributed by atoms with van der Waals surface area (Å²) in [6.07, 6.45) is 1.62. The lowest BCUT2D eigenvalue weighted by molar-refractivity contribution is 0.417. The third kappa shape index (κ3) is 4.24. The highest BCUT2D eigenvalue weighted by Crippen LogP contribution is 2.07. The minimum absolute atomic E-state index is 0.00565. The van der Waals surface area contributed by atoms with Crippen LogP contribution >= 0.6 is 15.9 Å². The predicted octanol–water partition coefficient (Wildman–Crippen LogP) is 1.95. The van der Waals surface area contributed by atoms with Crippen molar-refractivity contribution in [1.29, 1.82) is 0 Å². The molecule has 96 valence electrons. The number of rotatable bonds is 5. The SMILES string of the molecule is Cc1ncn(CC(C)CNC(C)C)c(=O)c1Br. The number of nitrogens with zero attached hydrogens (tertiary/aromatic N) is 2. The maximum Gasteiger partial charge on any atom is 0.267 e. The van der Waals surface area contributed by atoms with Crippen LogP contribution in [0.2, 0.25) is 0 Å². The van der Waals surface area contributed by atoms with Crippen molar-refractivity contribution in [2.75, 3.05) is 6.54 Å². The molecule has 0 amide bonds. The molecule has 5 heteroatoms. The summed E-state index contributed by atoms with van der Waals surface area (Å²) in [5, 5.41) is 3.36. The Balaban J connectivity index is 2.69. The first kappa shape index (κ1) is 14.4. The van der Waals surface area contributed by atoms with Crippen molar-refractivity contribution in [3.8, 4) is 0 Å². The quantitative estimate of drug-likeness (QED) is 0.904. The van der Waals surface area contributed by atoms with Crippen LogP contribution in [-0.2, 0) is 6.54 Å². The monoisotopic (exact) mass is 301 g/mol. The summed E-state index contributed by atoms with van der Waals surface area (Å²) in [7, 11) is 0. The molecule has 1 aromatic heterocycles. The molecule has 0 aliphatic carbocycles. The van der Waals surface area contributed by atoms with E-state index in [1.165, 1.54) is 0 Å². The van der Waals surface area contributed by atoms with Gasteiger partial charge in [-0.25, -0.2) is 4.98 Å². The summed E-state index contributed by atoms with van der Waals surface area (Å²) in [4.78, 5) is 16.1. The number of halogens is 1. The summed E-state index contributed by atoms with van der Waals surface area (Å²) >= 11 is 3.27. The first-order valence-corrected chi connectivity index (χ1v) is 6.66. The maximum absolute atomic E-state index is 11.9. The van der Waals surface area contributed by atoms with Gasteiger partial charge in [0.1, 0.15) is 4.47 Å². The number of nitrogens with one attached hydrogen (secondary N) is 1. The minimum Gasteiger partial charge on any atom is -0.314 e. The van der Waals surface area contributed by atoms with E-state index in [0.29, 0.717) is 23.0 Å². The van der Waals surface area contributed by atoms with Crippen LogP contribution in [0.15, 0.2) is 15.6 Å². The molecule has 4 nitrogen and oxygen atoms in total. The molecular weight excluding hydrogens is 282 g/mol. The Hall–Kier alpha value is -0.680. The van der Waals surface area contributed by atoms with Crippen LogP contribution < -0.4 is 10.9 Å². The Morgan fingerprint density at radius 1 is 1.47 bits per heavy atom. The molecule has 0 aromatic carbocycles. The zero-order chi connectivity index (χ0) is 13.0. The zero-order valence-electron chi connectivity index (χ0n) is 10.8. The highest BCUT2D eigenvalue weighted by atomic mass is 79.9. The van der Waals surface area contributed by atoms with Gasteiger partial charge in [0.25, 0.3) is 5.56 Å². The average molecular weight is 302 g/mol. The largest absolute Gasteiger partial charge is 0.314 e. The summed E-state index contributed by atoms with van der Waals surface area (Å²) < 4.78 is 2.22. The van der Waals surface area contributed by atoms with Crippen LogP contribution in [0.3, 0.4) is 0 Å². The van der Waals surface area contributed by atoms with Crippen molar-refractivity contribution < 1.29 is 0 Å². The van der Waals surface area contributed by atoms with Gasteiger partial charge in [-0.3, -0.25) is 9.36 Å². The molecule has 0 saturated heterocycles. The fourth-order valence-corrected chi connectivity index (χ4v) is 1.84. The van der Waals surface area contributed by atoms with Gasteiger partial charge in [-0.15, -0.1) is 0 Å². The third-order valence-electron chi connectivity index (χ3n) is 2.54. The molecule has 17 heavy (non-hydrogen) atoms. The molecule has 1 rings (SSSR count). The van der Waals surface area contributed by atoms with E-state index < -0.39 is 0 Å². The minimum atomic E-state index is -0.00565. The van der Waals surface area contributed by atoms with E-state index >= 15 is 0 Å². The lowest BCUT2D eigenvalue weighted by Gasteiger charge is -2.16. The molecule has 1 unspecified atom stereocenters. The normalized spacial score (nSPS) is 13.1. The van der Waals surface area contributed by atoms with Gasteiger partial charge in [-0.2, -0.15) is 0 Å². The molecule has 1 atom stereocenters. The van der Waals surface area contributed by atoms with Crippen LogP contribution in [0, 0.1) is 12.8 Å².